The molecule has 14 heavy (non-hydrogen) atoms. The van der Waals surface area contributed by atoms with Crippen molar-refractivity contribution in [2.45, 2.75) is 19.5 Å². The molecule has 1 aliphatic rings. The lowest BCUT2D eigenvalue weighted by atomic mass is 10.1. The topological polar surface area (TPSA) is 27.7 Å². The van der Waals surface area contributed by atoms with Crippen LogP contribution in [0.5, 0.6) is 0 Å². The van der Waals surface area contributed by atoms with Crippen molar-refractivity contribution in [1.29, 1.82) is 0 Å². The Bertz CT molecular complexity index is 320. The summed E-state index contributed by atoms with van der Waals surface area (Å²) in [5.74, 6) is -0.981. The van der Waals surface area contributed by atoms with Crippen molar-refractivity contribution < 1.29 is 14.2 Å². The molecule has 0 fully saturated rings. The van der Waals surface area contributed by atoms with Gasteiger partial charge in [0.1, 0.15) is 0 Å². The maximum absolute atomic E-state index is 5.56. The Kier molecular flexibility index (Phi) is 2.54. The predicted octanol–water partition coefficient (Wildman–Crippen LogP) is 2.01. The van der Waals surface area contributed by atoms with Crippen molar-refractivity contribution in [1.82, 2.24) is 0 Å². The highest BCUT2D eigenvalue weighted by Gasteiger charge is 2.41. The van der Waals surface area contributed by atoms with Crippen molar-refractivity contribution >= 4 is 0 Å². The summed E-state index contributed by atoms with van der Waals surface area (Å²) in [4.78, 5) is 0. The summed E-state index contributed by atoms with van der Waals surface area (Å²) in [6, 6.07) is 7.94. The fraction of sp³-hybridized carbons (Fsp3) is 0.455. The van der Waals surface area contributed by atoms with Gasteiger partial charge in [0.05, 0.1) is 6.61 Å². The zero-order valence-electron chi connectivity index (χ0n) is 8.45. The fourth-order valence-corrected chi connectivity index (χ4v) is 1.73. The smallest absolute Gasteiger partial charge is 0.312 e. The Morgan fingerprint density at radius 3 is 2.93 bits per heavy atom. The Balaban J connectivity index is 2.39. The Hall–Kier alpha value is -0.900. The lowest BCUT2D eigenvalue weighted by Gasteiger charge is -2.26. The summed E-state index contributed by atoms with van der Waals surface area (Å²) in [6.07, 6.45) is 0. The van der Waals surface area contributed by atoms with Crippen molar-refractivity contribution in [3.63, 3.8) is 0 Å². The third-order valence-electron chi connectivity index (χ3n) is 2.37. The molecule has 0 amide bonds. The summed E-state index contributed by atoms with van der Waals surface area (Å²) >= 11 is 0. The number of fused-ring (bicyclic) bond motifs is 1. The summed E-state index contributed by atoms with van der Waals surface area (Å²) in [6.45, 7) is 3.03. The van der Waals surface area contributed by atoms with E-state index in [1.54, 1.807) is 7.11 Å². The molecule has 1 aromatic rings. The van der Waals surface area contributed by atoms with E-state index in [1.807, 2.05) is 31.2 Å². The first-order chi connectivity index (χ1) is 6.82. The van der Waals surface area contributed by atoms with Gasteiger partial charge in [-0.05, 0) is 12.5 Å². The van der Waals surface area contributed by atoms with Gasteiger partial charge in [-0.3, -0.25) is 0 Å². The van der Waals surface area contributed by atoms with Gasteiger partial charge in [0.2, 0.25) is 0 Å². The number of methoxy groups -OCH3 is 1. The van der Waals surface area contributed by atoms with E-state index < -0.39 is 5.97 Å². The molecule has 1 aliphatic heterocycles. The zero-order chi connectivity index (χ0) is 10.0. The zero-order valence-corrected chi connectivity index (χ0v) is 8.45. The van der Waals surface area contributed by atoms with Crippen LogP contribution in [-0.2, 0) is 26.8 Å². The Labute approximate surface area is 83.6 Å². The standard InChI is InChI=1S/C11H14O3/c1-3-13-11(12-2)10-7-5-4-6-9(10)8-14-11/h4-7H,3,8H2,1-2H3. The van der Waals surface area contributed by atoms with Gasteiger partial charge in [-0.25, -0.2) is 0 Å². The van der Waals surface area contributed by atoms with Crippen molar-refractivity contribution in [3.8, 4) is 0 Å². The summed E-state index contributed by atoms with van der Waals surface area (Å²) in [7, 11) is 1.60. The minimum Gasteiger partial charge on any atom is -0.327 e. The lowest BCUT2D eigenvalue weighted by molar-refractivity contribution is -0.376. The third-order valence-corrected chi connectivity index (χ3v) is 2.37. The first-order valence-electron chi connectivity index (χ1n) is 4.74. The molecular weight excluding hydrogens is 180 g/mol. The van der Waals surface area contributed by atoms with Crippen LogP contribution in [-0.4, -0.2) is 13.7 Å². The predicted molar refractivity (Wildman–Crippen MR) is 51.5 cm³/mol. The molecule has 76 valence electrons. The van der Waals surface area contributed by atoms with E-state index >= 15 is 0 Å². The van der Waals surface area contributed by atoms with Gasteiger partial charge < -0.3 is 14.2 Å². The van der Waals surface area contributed by atoms with Gasteiger partial charge in [0.25, 0.3) is 0 Å². The highest BCUT2D eigenvalue weighted by Crippen LogP contribution is 2.37. The molecule has 0 saturated carbocycles. The van der Waals surface area contributed by atoms with E-state index in [4.69, 9.17) is 14.2 Å². The van der Waals surface area contributed by atoms with Gasteiger partial charge in [-0.1, -0.05) is 24.3 Å². The molecule has 0 N–H and O–H groups in total. The second-order valence-corrected chi connectivity index (χ2v) is 3.14. The number of hydrogen-bond acceptors (Lipinski definition) is 3. The summed E-state index contributed by atoms with van der Waals surface area (Å²) in [5.41, 5.74) is 2.10. The third kappa shape index (κ3) is 1.34. The highest BCUT2D eigenvalue weighted by atomic mass is 16.9. The van der Waals surface area contributed by atoms with Crippen LogP contribution < -0.4 is 0 Å². The monoisotopic (exact) mass is 194 g/mol. The summed E-state index contributed by atoms with van der Waals surface area (Å²) < 4.78 is 16.4. The van der Waals surface area contributed by atoms with Gasteiger partial charge in [0.15, 0.2) is 0 Å². The van der Waals surface area contributed by atoms with Crippen LogP contribution in [0.25, 0.3) is 0 Å². The first-order valence-corrected chi connectivity index (χ1v) is 4.74. The van der Waals surface area contributed by atoms with Crippen molar-refractivity contribution in [2.75, 3.05) is 13.7 Å². The highest BCUT2D eigenvalue weighted by molar-refractivity contribution is 5.32. The molecule has 0 aromatic heterocycles. The van der Waals surface area contributed by atoms with Crippen LogP contribution in [0.3, 0.4) is 0 Å². The molecule has 0 aliphatic carbocycles. The molecule has 1 heterocycles. The normalized spacial score (nSPS) is 25.0. The van der Waals surface area contributed by atoms with Crippen LogP contribution in [0.1, 0.15) is 18.1 Å². The average Bonchev–Trinajstić information content (AvgIpc) is 2.59. The molecule has 3 heteroatoms. The first kappa shape index (κ1) is 9.65. The van der Waals surface area contributed by atoms with E-state index in [9.17, 15) is 0 Å². The SMILES string of the molecule is CCOC1(OC)OCc2ccccc21. The van der Waals surface area contributed by atoms with E-state index in [2.05, 4.69) is 0 Å². The molecule has 0 bridgehead atoms. The Morgan fingerprint density at radius 1 is 1.43 bits per heavy atom. The van der Waals surface area contributed by atoms with Gasteiger partial charge in [0, 0.05) is 19.3 Å². The van der Waals surface area contributed by atoms with Crippen molar-refractivity contribution in [3.05, 3.63) is 35.4 Å². The largest absolute Gasteiger partial charge is 0.327 e. The number of rotatable bonds is 3. The minimum atomic E-state index is -0.981. The van der Waals surface area contributed by atoms with Crippen LogP contribution >= 0.6 is 0 Å². The van der Waals surface area contributed by atoms with Gasteiger partial charge in [-0.15, -0.1) is 0 Å². The maximum atomic E-state index is 5.56. The molecule has 0 radical (unpaired) electrons. The second-order valence-electron chi connectivity index (χ2n) is 3.14. The van der Waals surface area contributed by atoms with Gasteiger partial charge in [-0.2, -0.15) is 0 Å². The quantitative estimate of drug-likeness (QED) is 0.689. The Morgan fingerprint density at radius 2 is 2.21 bits per heavy atom. The molecule has 3 nitrogen and oxygen atoms in total. The number of ether oxygens (including phenoxy) is 3. The van der Waals surface area contributed by atoms with Crippen LogP contribution in [0.15, 0.2) is 24.3 Å². The minimum absolute atomic E-state index is 0.546. The van der Waals surface area contributed by atoms with Crippen LogP contribution in [0.2, 0.25) is 0 Å². The molecule has 1 atom stereocenters. The number of benzene rings is 1. The lowest BCUT2D eigenvalue weighted by Crippen LogP contribution is -2.31. The second kappa shape index (κ2) is 3.69. The van der Waals surface area contributed by atoms with Gasteiger partial charge >= 0.3 is 5.97 Å². The average molecular weight is 194 g/mol. The molecule has 0 saturated heterocycles. The van der Waals surface area contributed by atoms with E-state index in [-0.39, 0.29) is 0 Å². The number of hydrogen-bond donors (Lipinski definition) is 0. The summed E-state index contributed by atoms with van der Waals surface area (Å²) in [5, 5.41) is 0. The van der Waals surface area contributed by atoms with E-state index in [0.717, 1.165) is 11.1 Å². The van der Waals surface area contributed by atoms with Crippen LogP contribution in [0, 0.1) is 0 Å². The maximum Gasteiger partial charge on any atom is 0.312 e. The molecule has 0 spiro atoms. The molecule has 1 unspecified atom stereocenters. The van der Waals surface area contributed by atoms with E-state index in [0.29, 0.717) is 13.2 Å². The van der Waals surface area contributed by atoms with Crippen LogP contribution in [0.4, 0.5) is 0 Å². The molecule has 2 rings (SSSR count). The molecular formula is C11H14O3. The molecule has 1 aromatic carbocycles. The van der Waals surface area contributed by atoms with Crippen molar-refractivity contribution in [2.24, 2.45) is 0 Å². The fourth-order valence-electron chi connectivity index (χ4n) is 1.73. The van der Waals surface area contributed by atoms with E-state index in [1.165, 1.54) is 0 Å².